The van der Waals surface area contributed by atoms with E-state index in [-0.39, 0.29) is 16.5 Å². The Kier molecular flexibility index (Phi) is 7.41. The average molecular weight is 524 g/mol. The summed E-state index contributed by atoms with van der Waals surface area (Å²) in [7, 11) is 0.193. The molecular weight excluding hydrogens is 498 g/mol. The van der Waals surface area contributed by atoms with Crippen LogP contribution in [-0.2, 0) is 19.6 Å². The molecule has 0 aliphatic rings. The first-order valence-electron chi connectivity index (χ1n) is 11.0. The standard InChI is InChI=1S/C25H25N5O6S/c1-34-17-12-16(13-18(14-17)35-2)27-24-25(29-21-10-5-4-9-20(21)28-24)30-37(32,33)19-8-6-7-15(11-19)22(36-3)23(26)31/h4-14,22H,1-3H3,(H2,26,31)(H,27,28)(H,29,30). The highest BCUT2D eigenvalue weighted by atomic mass is 32.2. The first-order chi connectivity index (χ1) is 17.7. The molecule has 1 heterocycles. The lowest BCUT2D eigenvalue weighted by atomic mass is 10.1. The van der Waals surface area contributed by atoms with Crippen molar-refractivity contribution in [1.82, 2.24) is 9.97 Å². The van der Waals surface area contributed by atoms with E-state index < -0.39 is 22.0 Å². The molecule has 11 nitrogen and oxygen atoms in total. The van der Waals surface area contributed by atoms with E-state index in [1.54, 1.807) is 48.5 Å². The van der Waals surface area contributed by atoms with Crippen molar-refractivity contribution in [1.29, 1.82) is 0 Å². The molecule has 1 unspecified atom stereocenters. The Balaban J connectivity index is 1.76. The fourth-order valence-corrected chi connectivity index (χ4v) is 4.69. The van der Waals surface area contributed by atoms with Gasteiger partial charge in [-0.3, -0.25) is 9.52 Å². The summed E-state index contributed by atoms with van der Waals surface area (Å²) in [5.74, 6) is 0.420. The van der Waals surface area contributed by atoms with Crippen LogP contribution in [0.3, 0.4) is 0 Å². The summed E-state index contributed by atoms with van der Waals surface area (Å²) in [4.78, 5) is 20.7. The lowest BCUT2D eigenvalue weighted by Gasteiger charge is -2.16. The van der Waals surface area contributed by atoms with Crippen LogP contribution in [0.5, 0.6) is 11.5 Å². The van der Waals surface area contributed by atoms with Gasteiger partial charge in [-0.05, 0) is 29.8 Å². The van der Waals surface area contributed by atoms with E-state index in [9.17, 15) is 13.2 Å². The van der Waals surface area contributed by atoms with Crippen LogP contribution in [0, 0.1) is 0 Å². The third kappa shape index (κ3) is 5.71. The van der Waals surface area contributed by atoms with Gasteiger partial charge in [0.05, 0.1) is 30.1 Å². The van der Waals surface area contributed by atoms with Gasteiger partial charge in [0.1, 0.15) is 11.5 Å². The molecule has 0 radical (unpaired) electrons. The summed E-state index contributed by atoms with van der Waals surface area (Å²) in [5.41, 5.74) is 7.24. The molecule has 4 N–H and O–H groups in total. The Morgan fingerprint density at radius 1 is 0.865 bits per heavy atom. The van der Waals surface area contributed by atoms with E-state index in [0.29, 0.717) is 33.8 Å². The van der Waals surface area contributed by atoms with E-state index >= 15 is 0 Å². The van der Waals surface area contributed by atoms with Crippen molar-refractivity contribution >= 4 is 44.3 Å². The van der Waals surface area contributed by atoms with Gasteiger partial charge in [-0.1, -0.05) is 24.3 Å². The zero-order valence-corrected chi connectivity index (χ0v) is 21.1. The topological polar surface area (TPSA) is 155 Å². The quantitative estimate of drug-likeness (QED) is 0.284. The van der Waals surface area contributed by atoms with E-state index in [0.717, 1.165) is 0 Å². The number of rotatable bonds is 10. The monoisotopic (exact) mass is 523 g/mol. The molecule has 4 rings (SSSR count). The number of nitrogens with two attached hydrogens (primary N) is 1. The number of amides is 1. The Bertz CT molecular complexity index is 1540. The van der Waals surface area contributed by atoms with Crippen LogP contribution in [0.1, 0.15) is 11.7 Å². The number of carbonyl (C=O) groups excluding carboxylic acids is 1. The highest BCUT2D eigenvalue weighted by molar-refractivity contribution is 7.92. The second kappa shape index (κ2) is 10.7. The van der Waals surface area contributed by atoms with Gasteiger partial charge in [0.25, 0.3) is 15.9 Å². The molecule has 4 aromatic rings. The maximum Gasteiger partial charge on any atom is 0.263 e. The summed E-state index contributed by atoms with van der Waals surface area (Å²) < 4.78 is 45.0. The molecule has 1 atom stereocenters. The van der Waals surface area contributed by atoms with E-state index in [1.807, 2.05) is 0 Å². The van der Waals surface area contributed by atoms with Crippen molar-refractivity contribution in [3.05, 3.63) is 72.3 Å². The van der Waals surface area contributed by atoms with Gasteiger partial charge in [0, 0.05) is 31.0 Å². The number of methoxy groups -OCH3 is 3. The maximum atomic E-state index is 13.4. The van der Waals surface area contributed by atoms with Crippen molar-refractivity contribution < 1.29 is 27.4 Å². The first kappa shape index (κ1) is 25.7. The van der Waals surface area contributed by atoms with Crippen LogP contribution < -0.4 is 25.2 Å². The Hall–Kier alpha value is -4.42. The van der Waals surface area contributed by atoms with Gasteiger partial charge in [0.2, 0.25) is 0 Å². The predicted molar refractivity (Wildman–Crippen MR) is 139 cm³/mol. The smallest absolute Gasteiger partial charge is 0.263 e. The number of ether oxygens (including phenoxy) is 3. The molecular formula is C25H25N5O6S. The molecule has 0 aliphatic heterocycles. The van der Waals surface area contributed by atoms with Gasteiger partial charge in [-0.2, -0.15) is 0 Å². The van der Waals surface area contributed by atoms with Crippen molar-refractivity contribution in [3.63, 3.8) is 0 Å². The zero-order chi connectivity index (χ0) is 26.6. The van der Waals surface area contributed by atoms with Crippen molar-refractivity contribution in [2.75, 3.05) is 31.4 Å². The second-order valence-corrected chi connectivity index (χ2v) is 9.51. The minimum atomic E-state index is -4.16. The van der Waals surface area contributed by atoms with Gasteiger partial charge in [-0.15, -0.1) is 0 Å². The predicted octanol–water partition coefficient (Wildman–Crippen LogP) is 3.36. The van der Waals surface area contributed by atoms with Gasteiger partial charge in [-0.25, -0.2) is 18.4 Å². The number of fused-ring (bicyclic) bond motifs is 1. The van der Waals surface area contributed by atoms with Crippen LogP contribution in [0.15, 0.2) is 71.6 Å². The van der Waals surface area contributed by atoms with Crippen molar-refractivity contribution in [2.45, 2.75) is 11.0 Å². The molecule has 0 spiro atoms. The molecule has 3 aromatic carbocycles. The van der Waals surface area contributed by atoms with Crippen LogP contribution in [-0.4, -0.2) is 45.6 Å². The molecule has 12 heteroatoms. The fourth-order valence-electron chi connectivity index (χ4n) is 3.62. The number of benzene rings is 3. The van der Waals surface area contributed by atoms with Crippen LogP contribution in [0.25, 0.3) is 11.0 Å². The maximum absolute atomic E-state index is 13.4. The number of sulfonamides is 1. The molecule has 1 aromatic heterocycles. The Morgan fingerprint density at radius 2 is 1.49 bits per heavy atom. The van der Waals surface area contributed by atoms with Crippen molar-refractivity contribution in [3.8, 4) is 11.5 Å². The van der Waals surface area contributed by atoms with Gasteiger partial charge < -0.3 is 25.3 Å². The number of hydrogen-bond donors (Lipinski definition) is 3. The molecule has 0 aliphatic carbocycles. The summed E-state index contributed by atoms with van der Waals surface area (Å²) in [6.45, 7) is 0. The number of anilines is 3. The molecule has 0 fully saturated rings. The summed E-state index contributed by atoms with van der Waals surface area (Å²) in [5, 5.41) is 3.10. The molecule has 1 amide bonds. The Morgan fingerprint density at radius 3 is 2.05 bits per heavy atom. The SMILES string of the molecule is COc1cc(Nc2nc3ccccc3nc2NS(=O)(=O)c2cccc(C(OC)C(N)=O)c2)cc(OC)c1. The first-order valence-corrected chi connectivity index (χ1v) is 12.4. The number of hydrogen-bond acceptors (Lipinski definition) is 9. The largest absolute Gasteiger partial charge is 0.497 e. The van der Waals surface area contributed by atoms with Crippen LogP contribution in [0.2, 0.25) is 0 Å². The fraction of sp³-hybridized carbons (Fsp3) is 0.160. The highest BCUT2D eigenvalue weighted by Gasteiger charge is 2.23. The zero-order valence-electron chi connectivity index (χ0n) is 20.3. The molecule has 0 saturated heterocycles. The minimum Gasteiger partial charge on any atom is -0.497 e. The third-order valence-corrected chi connectivity index (χ3v) is 6.72. The Labute approximate surface area is 213 Å². The second-order valence-electron chi connectivity index (χ2n) is 7.83. The lowest BCUT2D eigenvalue weighted by molar-refractivity contribution is -0.128. The van der Waals surface area contributed by atoms with Crippen molar-refractivity contribution in [2.24, 2.45) is 5.73 Å². The summed E-state index contributed by atoms with van der Waals surface area (Å²) >= 11 is 0. The highest BCUT2D eigenvalue weighted by Crippen LogP contribution is 2.31. The molecule has 0 bridgehead atoms. The van der Waals surface area contributed by atoms with E-state index in [1.165, 1.54) is 39.5 Å². The van der Waals surface area contributed by atoms with Crippen LogP contribution >= 0.6 is 0 Å². The number of nitrogens with zero attached hydrogens (tertiary/aromatic N) is 2. The number of aromatic nitrogens is 2. The van der Waals surface area contributed by atoms with E-state index in [2.05, 4.69) is 20.0 Å². The average Bonchev–Trinajstić information content (AvgIpc) is 2.89. The molecule has 0 saturated carbocycles. The number of primary amides is 1. The third-order valence-electron chi connectivity index (χ3n) is 5.38. The van der Waals surface area contributed by atoms with E-state index in [4.69, 9.17) is 19.9 Å². The summed E-state index contributed by atoms with van der Waals surface area (Å²) in [6.07, 6.45) is -1.10. The summed E-state index contributed by atoms with van der Waals surface area (Å²) in [6, 6.07) is 17.9. The molecule has 192 valence electrons. The van der Waals surface area contributed by atoms with Gasteiger partial charge >= 0.3 is 0 Å². The van der Waals surface area contributed by atoms with Gasteiger partial charge in [0.15, 0.2) is 17.7 Å². The molecule has 37 heavy (non-hydrogen) atoms. The number of carbonyl (C=O) groups is 1. The number of nitrogens with one attached hydrogen (secondary N) is 2. The minimum absolute atomic E-state index is 0.0379. The normalized spacial score (nSPS) is 12.1. The number of para-hydroxylation sites is 2. The lowest BCUT2D eigenvalue weighted by Crippen LogP contribution is -2.23. The van der Waals surface area contributed by atoms with Crippen LogP contribution in [0.4, 0.5) is 17.3 Å².